The molecule has 14 valence electrons. The van der Waals surface area contributed by atoms with E-state index in [1.165, 1.54) is 0 Å². The third-order valence-electron chi connectivity index (χ3n) is 0. The SMILES string of the molecule is [Cs+].[Cs+].[O-][O-]. The molecule has 0 amide bonds. The van der Waals surface area contributed by atoms with Gasteiger partial charge in [0, 0.05) is 0 Å². The van der Waals surface area contributed by atoms with E-state index >= 15 is 0 Å². The van der Waals surface area contributed by atoms with Gasteiger partial charge in [-0.2, -0.15) is 0 Å². The van der Waals surface area contributed by atoms with Gasteiger partial charge in [0.25, 0.3) is 0 Å². The van der Waals surface area contributed by atoms with Gasteiger partial charge in [-0.25, -0.2) is 0 Å². The molecule has 0 heterocycles. The fourth-order valence-corrected chi connectivity index (χ4v) is 0. The van der Waals surface area contributed by atoms with E-state index in [2.05, 4.69) is 0 Å². The minimum Gasteiger partial charge on any atom is -1.00 e. The van der Waals surface area contributed by atoms with Gasteiger partial charge in [0.15, 0.2) is 0 Å². The molecule has 0 saturated heterocycles. The summed E-state index contributed by atoms with van der Waals surface area (Å²) in [6, 6.07) is 0. The molecule has 4 heteroatoms. The summed E-state index contributed by atoms with van der Waals surface area (Å²) in [6.07, 6.45) is 0. The second kappa shape index (κ2) is 15.7. The molecule has 0 unspecified atom stereocenters. The Balaban J connectivity index is -0.00000000500. The van der Waals surface area contributed by atoms with Gasteiger partial charge in [-0.1, -0.05) is 0 Å². The van der Waals surface area contributed by atoms with Crippen LogP contribution < -0.4 is 148 Å². The molecule has 0 N–H and O–H groups in total. The van der Waals surface area contributed by atoms with Crippen molar-refractivity contribution in [2.75, 3.05) is 0 Å². The normalized spacial score (nSPS) is 1.50. The molecule has 0 saturated carbocycles. The molecule has 0 radical (unpaired) electrons. The summed E-state index contributed by atoms with van der Waals surface area (Å²) in [4.78, 5) is 0. The van der Waals surface area contributed by atoms with Crippen LogP contribution in [0.1, 0.15) is 0 Å². The van der Waals surface area contributed by atoms with Crippen molar-refractivity contribution in [1.82, 2.24) is 0 Å². The van der Waals surface area contributed by atoms with Crippen molar-refractivity contribution in [1.29, 1.82) is 0 Å². The van der Waals surface area contributed by atoms with E-state index in [1.54, 1.807) is 0 Å². The first kappa shape index (κ1) is 15.7. The Morgan fingerprint density at radius 2 is 0.750 bits per heavy atom. The maximum atomic E-state index is 7.00. The van der Waals surface area contributed by atoms with Crippen molar-refractivity contribution in [2.24, 2.45) is 0 Å². The molecule has 0 bridgehead atoms. The molecule has 0 aliphatic heterocycles. The maximum Gasteiger partial charge on any atom is 1.00 e. The van der Waals surface area contributed by atoms with Crippen LogP contribution in [0.4, 0.5) is 0 Å². The Hall–Kier alpha value is 4.02. The average Bonchev–Trinajstić information content (AvgIpc) is 1.00. The molecular formula is Cs2O2. The summed E-state index contributed by atoms with van der Waals surface area (Å²) in [5.74, 6) is 0. The van der Waals surface area contributed by atoms with Crippen LogP contribution >= 0.6 is 0 Å². The van der Waals surface area contributed by atoms with Gasteiger partial charge in [-0.15, -0.1) is 0 Å². The molecule has 0 rings (SSSR count). The standard InChI is InChI=1S/2Cs.O2/c;;1-2/q2*+1;-2. The first-order valence-corrected chi connectivity index (χ1v) is 0.167. The van der Waals surface area contributed by atoms with Crippen molar-refractivity contribution < 1.29 is 148 Å². The van der Waals surface area contributed by atoms with Crippen molar-refractivity contribution in [3.63, 3.8) is 0 Å². The van der Waals surface area contributed by atoms with Gasteiger partial charge in [-0.05, 0) is 0 Å². The van der Waals surface area contributed by atoms with E-state index in [0.29, 0.717) is 0 Å². The number of hydrogen-bond donors (Lipinski definition) is 0. The van der Waals surface area contributed by atoms with E-state index in [9.17, 15) is 0 Å². The summed E-state index contributed by atoms with van der Waals surface area (Å²) in [6.45, 7) is 0. The third kappa shape index (κ3) is 9.39. The first-order valence-electron chi connectivity index (χ1n) is 0.167. The van der Waals surface area contributed by atoms with E-state index in [1.807, 2.05) is 0 Å². The molecule has 0 atom stereocenters. The molecule has 0 aliphatic rings. The number of hydrogen-bond acceptors (Lipinski definition) is 2. The second-order valence-electron chi connectivity index (χ2n) is 0. The zero-order valence-electron chi connectivity index (χ0n) is 2.82. The van der Waals surface area contributed by atoms with Crippen molar-refractivity contribution in [3.8, 4) is 0 Å². The summed E-state index contributed by atoms with van der Waals surface area (Å²) in [5, 5.41) is 14.0. The Labute approximate surface area is 143 Å². The molecule has 2 nitrogen and oxygen atoms in total. The van der Waals surface area contributed by atoms with Crippen molar-refractivity contribution >= 4 is 0 Å². The zero-order valence-corrected chi connectivity index (χ0v) is 15.4. The smallest absolute Gasteiger partial charge is 1.00 e. The van der Waals surface area contributed by atoms with Crippen LogP contribution in [0.5, 0.6) is 0 Å². The second-order valence-corrected chi connectivity index (χ2v) is 0. The minimum atomic E-state index is 0. The Kier molecular flexibility index (Phi) is 61.7. The van der Waals surface area contributed by atoms with Gasteiger partial charge in [0.2, 0.25) is 0 Å². The average molecular weight is 298 g/mol. The fraction of sp³-hybridized carbons (Fsp3) is 0. The molecule has 0 aromatic heterocycles. The molecular weight excluding hydrogens is 298 g/mol. The van der Waals surface area contributed by atoms with Gasteiger partial charge in [0.1, 0.15) is 0 Å². The van der Waals surface area contributed by atoms with Crippen LogP contribution in [0.2, 0.25) is 0 Å². The topological polar surface area (TPSA) is 46.1 Å². The summed E-state index contributed by atoms with van der Waals surface area (Å²) >= 11 is 0. The summed E-state index contributed by atoms with van der Waals surface area (Å²) in [7, 11) is 0. The van der Waals surface area contributed by atoms with Crippen LogP contribution in [0.3, 0.4) is 0 Å². The quantitative estimate of drug-likeness (QED) is 0.329. The van der Waals surface area contributed by atoms with E-state index in [-0.39, 0.29) is 138 Å². The van der Waals surface area contributed by atoms with E-state index < -0.39 is 0 Å². The van der Waals surface area contributed by atoms with Crippen LogP contribution in [-0.2, 0) is 0 Å². The molecule has 0 fully saturated rings. The van der Waals surface area contributed by atoms with Gasteiger partial charge in [0.05, 0.1) is 0 Å². The van der Waals surface area contributed by atoms with Gasteiger partial charge < -0.3 is 10.5 Å². The first-order chi connectivity index (χ1) is 1.00. The van der Waals surface area contributed by atoms with Crippen LogP contribution in [0, 0.1) is 0 Å². The molecule has 0 aliphatic carbocycles. The fourth-order valence-electron chi connectivity index (χ4n) is 0. The Morgan fingerprint density at radius 1 is 0.750 bits per heavy atom. The predicted octanol–water partition coefficient (Wildman–Crippen LogP) is -8.37. The zero-order chi connectivity index (χ0) is 2.00. The molecule has 0 aromatic rings. The monoisotopic (exact) mass is 298 g/mol. The largest absolute Gasteiger partial charge is 1.00 e. The van der Waals surface area contributed by atoms with Gasteiger partial charge in [-0.3, -0.25) is 0 Å². The van der Waals surface area contributed by atoms with Crippen LogP contribution in [-0.4, -0.2) is 0 Å². The van der Waals surface area contributed by atoms with E-state index in [0.717, 1.165) is 0 Å². The van der Waals surface area contributed by atoms with Crippen molar-refractivity contribution in [2.45, 2.75) is 0 Å². The van der Waals surface area contributed by atoms with Gasteiger partial charge >= 0.3 is 138 Å². The Morgan fingerprint density at radius 3 is 0.750 bits per heavy atom. The molecule has 0 aromatic carbocycles. The predicted molar refractivity (Wildman–Crippen MR) is 0 cm³/mol. The summed E-state index contributed by atoms with van der Waals surface area (Å²) in [5.41, 5.74) is 0. The Bertz CT molecular complexity index is 4.00. The van der Waals surface area contributed by atoms with Crippen LogP contribution in [0.15, 0.2) is 0 Å². The molecule has 4 heavy (non-hydrogen) atoms. The maximum absolute atomic E-state index is 7.00. The molecule has 0 spiro atoms. The van der Waals surface area contributed by atoms with Crippen LogP contribution in [0.25, 0.3) is 0 Å². The number of rotatable bonds is 0. The summed E-state index contributed by atoms with van der Waals surface area (Å²) < 4.78 is 0. The third-order valence-corrected chi connectivity index (χ3v) is 0. The minimum absolute atomic E-state index is 0. The van der Waals surface area contributed by atoms with E-state index in [4.69, 9.17) is 10.5 Å². The van der Waals surface area contributed by atoms with Crippen molar-refractivity contribution in [3.05, 3.63) is 0 Å².